The zero-order valence-corrected chi connectivity index (χ0v) is 7.57. The molecule has 1 heterocycles. The Labute approximate surface area is 70.7 Å². The maximum Gasteiger partial charge on any atom is 0.331 e. The molecule has 0 saturated carbocycles. The van der Waals surface area contributed by atoms with Crippen LogP contribution in [-0.4, -0.2) is 22.1 Å². The van der Waals surface area contributed by atoms with Gasteiger partial charge in [-0.15, -0.1) is 0 Å². The van der Waals surface area contributed by atoms with E-state index < -0.39 is 5.97 Å². The van der Waals surface area contributed by atoms with Crippen LogP contribution < -0.4 is 0 Å². The average molecular weight is 172 g/mol. The molecule has 0 spiro atoms. The van der Waals surface area contributed by atoms with E-state index in [1.807, 2.05) is 11.8 Å². The van der Waals surface area contributed by atoms with Crippen LogP contribution >= 0.6 is 11.8 Å². The van der Waals surface area contributed by atoms with Crippen LogP contribution in [0.5, 0.6) is 0 Å². The Bertz CT molecular complexity index is 208. The molecular weight excluding hydrogens is 160 g/mol. The van der Waals surface area contributed by atoms with Gasteiger partial charge in [0.05, 0.1) is 0 Å². The summed E-state index contributed by atoms with van der Waals surface area (Å²) in [5.74, 6) is 0.301. The minimum atomic E-state index is -0.769. The number of hydrogen-bond acceptors (Lipinski definition) is 2. The summed E-state index contributed by atoms with van der Waals surface area (Å²) in [7, 11) is 0. The molecule has 0 aromatic heterocycles. The fourth-order valence-electron chi connectivity index (χ4n) is 1.28. The molecule has 1 unspecified atom stereocenters. The molecule has 1 saturated heterocycles. The van der Waals surface area contributed by atoms with E-state index in [-0.39, 0.29) is 0 Å². The summed E-state index contributed by atoms with van der Waals surface area (Å²) in [6, 6.07) is 0. The molecule has 0 radical (unpaired) electrons. The van der Waals surface area contributed by atoms with Gasteiger partial charge in [-0.05, 0) is 31.6 Å². The van der Waals surface area contributed by atoms with Crippen molar-refractivity contribution in [1.29, 1.82) is 0 Å². The van der Waals surface area contributed by atoms with Crippen molar-refractivity contribution >= 4 is 17.7 Å². The number of carboxylic acids is 1. The number of hydrogen-bond donors (Lipinski definition) is 1. The van der Waals surface area contributed by atoms with Crippen molar-refractivity contribution in [1.82, 2.24) is 0 Å². The van der Waals surface area contributed by atoms with Gasteiger partial charge in [-0.2, -0.15) is 11.8 Å². The fourth-order valence-corrected chi connectivity index (χ4v) is 2.47. The third kappa shape index (κ3) is 1.77. The largest absolute Gasteiger partial charge is 0.478 e. The Morgan fingerprint density at radius 1 is 1.73 bits per heavy atom. The lowest BCUT2D eigenvalue weighted by Crippen LogP contribution is -2.04. The first-order valence-electron chi connectivity index (χ1n) is 3.67. The first-order chi connectivity index (χ1) is 5.13. The third-order valence-corrected chi connectivity index (χ3v) is 3.26. The predicted octanol–water partition coefficient (Wildman–Crippen LogP) is 1.91. The van der Waals surface area contributed by atoms with E-state index in [0.717, 1.165) is 17.7 Å². The van der Waals surface area contributed by atoms with Crippen LogP contribution in [0.4, 0.5) is 0 Å². The van der Waals surface area contributed by atoms with E-state index in [9.17, 15) is 4.79 Å². The number of thioether (sulfide) groups is 1. The van der Waals surface area contributed by atoms with Gasteiger partial charge in [-0.1, -0.05) is 0 Å². The molecule has 1 fully saturated rings. The lowest BCUT2D eigenvalue weighted by molar-refractivity contribution is -0.132. The van der Waals surface area contributed by atoms with Gasteiger partial charge in [0.15, 0.2) is 0 Å². The smallest absolute Gasteiger partial charge is 0.331 e. The van der Waals surface area contributed by atoms with Crippen molar-refractivity contribution in [3.05, 3.63) is 11.1 Å². The zero-order valence-electron chi connectivity index (χ0n) is 6.76. The van der Waals surface area contributed by atoms with Gasteiger partial charge in [0.1, 0.15) is 0 Å². The Kier molecular flexibility index (Phi) is 2.60. The standard InChI is InChI=1S/C8H12O2S/c1-5(8(9)10)7-3-4-11-6(7)2/h6H,3-4H2,1-2H3,(H,9,10). The first-order valence-corrected chi connectivity index (χ1v) is 4.72. The second kappa shape index (κ2) is 3.30. The summed E-state index contributed by atoms with van der Waals surface area (Å²) in [6.45, 7) is 3.76. The first kappa shape index (κ1) is 8.65. The van der Waals surface area contributed by atoms with Crippen molar-refractivity contribution in [2.75, 3.05) is 5.75 Å². The van der Waals surface area contributed by atoms with Gasteiger partial charge in [-0.25, -0.2) is 4.79 Å². The minimum Gasteiger partial charge on any atom is -0.478 e. The molecule has 2 nitrogen and oxygen atoms in total. The van der Waals surface area contributed by atoms with Gasteiger partial charge >= 0.3 is 5.97 Å². The van der Waals surface area contributed by atoms with E-state index in [1.54, 1.807) is 6.92 Å². The predicted molar refractivity (Wildman–Crippen MR) is 46.9 cm³/mol. The lowest BCUT2D eigenvalue weighted by Gasteiger charge is -2.05. The van der Waals surface area contributed by atoms with E-state index in [1.165, 1.54) is 0 Å². The second-order valence-electron chi connectivity index (χ2n) is 2.72. The molecule has 0 aromatic rings. The molecule has 62 valence electrons. The van der Waals surface area contributed by atoms with Crippen LogP contribution in [0.1, 0.15) is 20.3 Å². The van der Waals surface area contributed by atoms with Gasteiger partial charge in [0, 0.05) is 10.8 Å². The minimum absolute atomic E-state index is 0.408. The monoisotopic (exact) mass is 172 g/mol. The Morgan fingerprint density at radius 2 is 2.36 bits per heavy atom. The second-order valence-corrected chi connectivity index (χ2v) is 4.17. The Hall–Kier alpha value is -0.440. The molecule has 0 aromatic carbocycles. The number of aliphatic carboxylic acids is 1. The van der Waals surface area contributed by atoms with Crippen molar-refractivity contribution in [2.24, 2.45) is 0 Å². The van der Waals surface area contributed by atoms with Gasteiger partial charge in [-0.3, -0.25) is 0 Å². The van der Waals surface area contributed by atoms with Crippen LogP contribution in [0, 0.1) is 0 Å². The lowest BCUT2D eigenvalue weighted by atomic mass is 10.1. The van der Waals surface area contributed by atoms with E-state index in [0.29, 0.717) is 10.8 Å². The van der Waals surface area contributed by atoms with Crippen LogP contribution in [0.25, 0.3) is 0 Å². The number of rotatable bonds is 1. The van der Waals surface area contributed by atoms with Crippen molar-refractivity contribution in [3.63, 3.8) is 0 Å². The zero-order chi connectivity index (χ0) is 8.43. The highest BCUT2D eigenvalue weighted by atomic mass is 32.2. The summed E-state index contributed by atoms with van der Waals surface area (Å²) in [5, 5.41) is 9.10. The Morgan fingerprint density at radius 3 is 2.73 bits per heavy atom. The highest BCUT2D eigenvalue weighted by Crippen LogP contribution is 2.33. The van der Waals surface area contributed by atoms with Crippen LogP contribution in [-0.2, 0) is 4.79 Å². The van der Waals surface area contributed by atoms with Crippen LogP contribution in [0.15, 0.2) is 11.1 Å². The van der Waals surface area contributed by atoms with Gasteiger partial charge in [0.2, 0.25) is 0 Å². The number of carboxylic acid groups (broad SMARTS) is 1. The average Bonchev–Trinajstić information content (AvgIpc) is 2.33. The maximum atomic E-state index is 10.6. The quantitative estimate of drug-likeness (QED) is 0.614. The molecule has 1 atom stereocenters. The highest BCUT2D eigenvalue weighted by Gasteiger charge is 2.21. The SMILES string of the molecule is CC(C(=O)O)=C1CCSC1C. The van der Waals surface area contributed by atoms with E-state index in [4.69, 9.17) is 5.11 Å². The third-order valence-electron chi connectivity index (χ3n) is 2.03. The van der Waals surface area contributed by atoms with E-state index >= 15 is 0 Å². The number of carbonyl (C=O) groups is 1. The molecule has 1 aliphatic rings. The maximum absolute atomic E-state index is 10.6. The molecule has 0 aliphatic carbocycles. The van der Waals surface area contributed by atoms with Gasteiger partial charge in [0.25, 0.3) is 0 Å². The molecule has 1 rings (SSSR count). The molecule has 0 amide bonds. The highest BCUT2D eigenvalue weighted by molar-refractivity contribution is 8.00. The van der Waals surface area contributed by atoms with E-state index in [2.05, 4.69) is 6.92 Å². The summed E-state index contributed by atoms with van der Waals surface area (Å²) >= 11 is 1.83. The van der Waals surface area contributed by atoms with Crippen LogP contribution in [0.2, 0.25) is 0 Å². The summed E-state index contributed by atoms with van der Waals surface area (Å²) < 4.78 is 0. The summed E-state index contributed by atoms with van der Waals surface area (Å²) in [5.41, 5.74) is 1.66. The molecule has 0 bridgehead atoms. The van der Waals surface area contributed by atoms with Crippen molar-refractivity contribution in [3.8, 4) is 0 Å². The molecule has 11 heavy (non-hydrogen) atoms. The van der Waals surface area contributed by atoms with Crippen LogP contribution in [0.3, 0.4) is 0 Å². The van der Waals surface area contributed by atoms with Crippen molar-refractivity contribution < 1.29 is 9.90 Å². The molecular formula is C8H12O2S. The van der Waals surface area contributed by atoms with Gasteiger partial charge < -0.3 is 5.11 Å². The molecule has 1 aliphatic heterocycles. The summed E-state index contributed by atoms with van der Waals surface area (Å²) in [6.07, 6.45) is 0.948. The molecule has 1 N–H and O–H groups in total. The Balaban J connectivity index is 2.85. The normalized spacial score (nSPS) is 28.7. The fraction of sp³-hybridized carbons (Fsp3) is 0.625. The molecule has 3 heteroatoms. The summed E-state index contributed by atoms with van der Waals surface area (Å²) in [4.78, 5) is 10.6. The topological polar surface area (TPSA) is 37.3 Å². The van der Waals surface area contributed by atoms with Crippen molar-refractivity contribution in [2.45, 2.75) is 25.5 Å².